The molecule has 3 aromatic rings. The van der Waals surface area contributed by atoms with Gasteiger partial charge in [0.05, 0.1) is 13.1 Å². The second-order valence-electron chi connectivity index (χ2n) is 8.14. The van der Waals surface area contributed by atoms with Crippen molar-refractivity contribution in [3.63, 3.8) is 0 Å². The molecule has 0 radical (unpaired) electrons. The molecule has 9 heteroatoms. The van der Waals surface area contributed by atoms with E-state index in [1.54, 1.807) is 25.3 Å². The summed E-state index contributed by atoms with van der Waals surface area (Å²) in [6.45, 7) is 4.62. The largest absolute Gasteiger partial charge is 0.350 e. The number of nitrogens with one attached hydrogen (secondary N) is 2. The van der Waals surface area contributed by atoms with Crippen LogP contribution in [0.1, 0.15) is 43.9 Å². The SMILES string of the molecule is Cc1ccc(CNC(=O)[C@@]2(C)Cn3nc(C(=O)NCc4cccs4)cc3C(=O)N2C)cc1. The number of carbonyl (C=O) groups excluding carboxylic acids is 3. The van der Waals surface area contributed by atoms with E-state index in [0.29, 0.717) is 13.1 Å². The molecule has 1 aliphatic rings. The van der Waals surface area contributed by atoms with Crippen LogP contribution in [0.5, 0.6) is 0 Å². The minimum absolute atomic E-state index is 0.155. The van der Waals surface area contributed by atoms with Crippen molar-refractivity contribution in [2.75, 3.05) is 7.05 Å². The molecule has 8 nitrogen and oxygen atoms in total. The lowest BCUT2D eigenvalue weighted by atomic mass is 9.95. The first kappa shape index (κ1) is 21.8. The van der Waals surface area contributed by atoms with E-state index in [-0.39, 0.29) is 35.7 Å². The van der Waals surface area contributed by atoms with E-state index >= 15 is 0 Å². The molecule has 3 heterocycles. The number of hydrogen-bond acceptors (Lipinski definition) is 5. The Labute approximate surface area is 190 Å². The molecule has 1 aromatic carbocycles. The average molecular weight is 452 g/mol. The van der Waals surface area contributed by atoms with E-state index in [1.807, 2.05) is 48.7 Å². The summed E-state index contributed by atoms with van der Waals surface area (Å²) in [6.07, 6.45) is 0. The smallest absolute Gasteiger partial charge is 0.272 e. The number of nitrogens with zero attached hydrogens (tertiary/aromatic N) is 3. The Bertz CT molecular complexity index is 1150. The molecule has 2 N–H and O–H groups in total. The monoisotopic (exact) mass is 451 g/mol. The number of fused-ring (bicyclic) bond motifs is 1. The van der Waals surface area contributed by atoms with Crippen molar-refractivity contribution < 1.29 is 14.4 Å². The highest BCUT2D eigenvalue weighted by atomic mass is 32.1. The zero-order valence-corrected chi connectivity index (χ0v) is 19.0. The van der Waals surface area contributed by atoms with Crippen LogP contribution >= 0.6 is 11.3 Å². The van der Waals surface area contributed by atoms with Gasteiger partial charge >= 0.3 is 0 Å². The summed E-state index contributed by atoms with van der Waals surface area (Å²) in [4.78, 5) is 41.0. The van der Waals surface area contributed by atoms with Crippen molar-refractivity contribution in [3.05, 3.63) is 75.2 Å². The summed E-state index contributed by atoms with van der Waals surface area (Å²) in [5, 5.41) is 12.0. The zero-order chi connectivity index (χ0) is 22.9. The maximum atomic E-state index is 13.1. The Morgan fingerprint density at radius 3 is 2.59 bits per heavy atom. The molecule has 1 aliphatic heterocycles. The molecule has 0 unspecified atom stereocenters. The molecule has 4 rings (SSSR count). The van der Waals surface area contributed by atoms with Gasteiger partial charge in [-0.1, -0.05) is 35.9 Å². The fourth-order valence-electron chi connectivity index (χ4n) is 3.59. The molecule has 0 saturated carbocycles. The number of aromatic nitrogens is 2. The molecule has 0 fully saturated rings. The highest BCUT2D eigenvalue weighted by molar-refractivity contribution is 7.09. The first-order valence-corrected chi connectivity index (χ1v) is 11.2. The van der Waals surface area contributed by atoms with Crippen molar-refractivity contribution in [2.24, 2.45) is 0 Å². The third-order valence-corrected chi connectivity index (χ3v) is 6.68. The van der Waals surface area contributed by atoms with Crippen molar-refractivity contribution in [1.29, 1.82) is 0 Å². The molecule has 166 valence electrons. The Balaban J connectivity index is 1.47. The molecule has 0 bridgehead atoms. The lowest BCUT2D eigenvalue weighted by Gasteiger charge is -2.40. The summed E-state index contributed by atoms with van der Waals surface area (Å²) < 4.78 is 1.45. The Morgan fingerprint density at radius 1 is 1.16 bits per heavy atom. The second kappa shape index (κ2) is 8.58. The van der Waals surface area contributed by atoms with Gasteiger partial charge in [-0.15, -0.1) is 11.3 Å². The first-order valence-electron chi connectivity index (χ1n) is 10.3. The average Bonchev–Trinajstić information content (AvgIpc) is 3.45. The van der Waals surface area contributed by atoms with Crippen molar-refractivity contribution in [3.8, 4) is 0 Å². The number of benzene rings is 1. The van der Waals surface area contributed by atoms with E-state index in [0.717, 1.165) is 16.0 Å². The summed E-state index contributed by atoms with van der Waals surface area (Å²) in [5.74, 6) is -0.992. The van der Waals surface area contributed by atoms with Crippen LogP contribution < -0.4 is 10.6 Å². The third-order valence-electron chi connectivity index (χ3n) is 5.80. The van der Waals surface area contributed by atoms with Crippen LogP contribution in [0.4, 0.5) is 0 Å². The third kappa shape index (κ3) is 4.16. The standard InChI is InChI=1S/C23H25N5O3S/c1-15-6-8-16(9-7-15)12-25-22(31)23(2)14-28-19(21(30)27(23)3)11-18(26-28)20(29)24-13-17-5-4-10-32-17/h4-11H,12-14H2,1-3H3,(H,24,29)(H,25,31)/t23-/m1/s1. The molecule has 2 aromatic heterocycles. The number of carbonyl (C=O) groups is 3. The van der Waals surface area contributed by atoms with Crippen molar-refractivity contribution >= 4 is 29.1 Å². The number of thiophene rings is 1. The van der Waals surface area contributed by atoms with Crippen LogP contribution in [0.3, 0.4) is 0 Å². The second-order valence-corrected chi connectivity index (χ2v) is 9.17. The molecular formula is C23H25N5O3S. The van der Waals surface area contributed by atoms with E-state index in [4.69, 9.17) is 0 Å². The van der Waals surface area contributed by atoms with Gasteiger partial charge in [0, 0.05) is 24.5 Å². The molecule has 0 aliphatic carbocycles. The highest BCUT2D eigenvalue weighted by Crippen LogP contribution is 2.26. The van der Waals surface area contributed by atoms with Gasteiger partial charge < -0.3 is 15.5 Å². The van der Waals surface area contributed by atoms with Crippen LogP contribution in [0, 0.1) is 6.92 Å². The molecule has 3 amide bonds. The Kier molecular flexibility index (Phi) is 5.84. The number of aryl methyl sites for hydroxylation is 1. The van der Waals surface area contributed by atoms with Crippen LogP contribution in [0.2, 0.25) is 0 Å². The summed E-state index contributed by atoms with van der Waals surface area (Å²) in [7, 11) is 1.60. The minimum Gasteiger partial charge on any atom is -0.350 e. The van der Waals surface area contributed by atoms with Gasteiger partial charge in [0.25, 0.3) is 11.8 Å². The summed E-state index contributed by atoms with van der Waals surface area (Å²) in [6, 6.07) is 13.2. The number of likely N-dealkylation sites (N-methyl/N-ethyl adjacent to an activating group) is 1. The first-order chi connectivity index (χ1) is 15.3. The predicted octanol–water partition coefficient (Wildman–Crippen LogP) is 2.34. The van der Waals surface area contributed by atoms with Gasteiger partial charge in [-0.25, -0.2) is 0 Å². The summed E-state index contributed by atoms with van der Waals surface area (Å²) in [5.41, 5.74) is 1.43. The van der Waals surface area contributed by atoms with Gasteiger partial charge in [0.1, 0.15) is 11.2 Å². The van der Waals surface area contributed by atoms with E-state index in [1.165, 1.54) is 15.6 Å². The van der Waals surface area contributed by atoms with Gasteiger partial charge in [0.2, 0.25) is 5.91 Å². The maximum absolute atomic E-state index is 13.1. The Morgan fingerprint density at radius 2 is 1.91 bits per heavy atom. The van der Waals surface area contributed by atoms with Crippen LogP contribution in [-0.4, -0.2) is 45.0 Å². The zero-order valence-electron chi connectivity index (χ0n) is 18.2. The maximum Gasteiger partial charge on any atom is 0.272 e. The summed E-state index contributed by atoms with van der Waals surface area (Å²) >= 11 is 1.55. The fraction of sp³-hybridized carbons (Fsp3) is 0.304. The van der Waals surface area contributed by atoms with Crippen molar-refractivity contribution in [2.45, 2.75) is 39.0 Å². The lowest BCUT2D eigenvalue weighted by Crippen LogP contribution is -2.62. The molecule has 32 heavy (non-hydrogen) atoms. The molecule has 0 spiro atoms. The quantitative estimate of drug-likeness (QED) is 0.601. The number of hydrogen-bond donors (Lipinski definition) is 2. The van der Waals surface area contributed by atoms with Crippen LogP contribution in [0.15, 0.2) is 47.8 Å². The van der Waals surface area contributed by atoms with E-state index in [9.17, 15) is 14.4 Å². The van der Waals surface area contributed by atoms with Gasteiger partial charge in [0.15, 0.2) is 5.69 Å². The molecule has 0 saturated heterocycles. The van der Waals surface area contributed by atoms with Gasteiger partial charge in [-0.3, -0.25) is 19.1 Å². The van der Waals surface area contributed by atoms with Crippen LogP contribution in [-0.2, 0) is 24.4 Å². The fourth-order valence-corrected chi connectivity index (χ4v) is 4.23. The van der Waals surface area contributed by atoms with E-state index in [2.05, 4.69) is 15.7 Å². The number of amides is 3. The highest BCUT2D eigenvalue weighted by Gasteiger charge is 2.46. The topological polar surface area (TPSA) is 96.3 Å². The van der Waals surface area contributed by atoms with E-state index < -0.39 is 5.54 Å². The molecule has 1 atom stereocenters. The normalized spacial score (nSPS) is 17.7. The lowest BCUT2D eigenvalue weighted by molar-refractivity contribution is -0.132. The van der Waals surface area contributed by atoms with Crippen LogP contribution in [0.25, 0.3) is 0 Å². The Hall–Kier alpha value is -3.46. The minimum atomic E-state index is -1.13. The van der Waals surface area contributed by atoms with Crippen molar-refractivity contribution in [1.82, 2.24) is 25.3 Å². The number of rotatable bonds is 6. The predicted molar refractivity (Wildman–Crippen MR) is 121 cm³/mol. The molecular weight excluding hydrogens is 426 g/mol. The van der Waals surface area contributed by atoms with Gasteiger partial charge in [-0.05, 0) is 30.9 Å². The van der Waals surface area contributed by atoms with Gasteiger partial charge in [-0.2, -0.15) is 5.10 Å².